The molecule has 9 heteroatoms. The summed E-state index contributed by atoms with van der Waals surface area (Å²) in [5, 5.41) is 14.6. The Morgan fingerprint density at radius 2 is 2.10 bits per heavy atom. The number of nitrogens with one attached hydrogen (secondary N) is 2. The first-order valence-electron chi connectivity index (χ1n) is 8.97. The Morgan fingerprint density at radius 1 is 1.28 bits per heavy atom. The van der Waals surface area contributed by atoms with E-state index in [1.54, 1.807) is 18.2 Å². The molecule has 1 amide bonds. The molecule has 1 aromatic heterocycles. The molecule has 7 nitrogen and oxygen atoms in total. The average Bonchev–Trinajstić information content (AvgIpc) is 3.19. The molecular weight excluding hydrogens is 408 g/mol. The van der Waals surface area contributed by atoms with Crippen molar-refractivity contribution in [2.75, 3.05) is 17.2 Å². The molecule has 0 spiro atoms. The molecule has 0 fully saturated rings. The summed E-state index contributed by atoms with van der Waals surface area (Å²) in [6.07, 6.45) is 0. The van der Waals surface area contributed by atoms with Crippen LogP contribution in [0, 0.1) is 0 Å². The number of rotatable bonds is 7. The number of ether oxygens (including phenoxy) is 1. The SMILES string of the molecule is CC(Sc1nnc(NCc2ccccc2)s1)C(=O)c1ccc2c(c1)NC(=O)CO2. The minimum absolute atomic E-state index is 0.00969. The quantitative estimate of drug-likeness (QED) is 0.438. The lowest BCUT2D eigenvalue weighted by Crippen LogP contribution is -2.25. The molecule has 2 heterocycles. The van der Waals surface area contributed by atoms with E-state index in [4.69, 9.17) is 4.74 Å². The number of carbonyl (C=O) groups excluding carboxylic acids is 2. The van der Waals surface area contributed by atoms with E-state index in [1.165, 1.54) is 23.1 Å². The van der Waals surface area contributed by atoms with Gasteiger partial charge in [-0.15, -0.1) is 10.2 Å². The normalized spacial score (nSPS) is 13.8. The Bertz CT molecular complexity index is 1040. The number of benzene rings is 2. The molecule has 0 radical (unpaired) electrons. The van der Waals surface area contributed by atoms with Crippen molar-refractivity contribution in [3.05, 3.63) is 59.7 Å². The van der Waals surface area contributed by atoms with Gasteiger partial charge in [0.05, 0.1) is 10.9 Å². The first kappa shape index (κ1) is 19.4. The highest BCUT2D eigenvalue weighted by molar-refractivity contribution is 8.02. The Balaban J connectivity index is 1.37. The zero-order valence-electron chi connectivity index (χ0n) is 15.5. The fourth-order valence-corrected chi connectivity index (χ4v) is 4.75. The molecule has 2 aromatic carbocycles. The van der Waals surface area contributed by atoms with Gasteiger partial charge in [-0.05, 0) is 30.7 Å². The van der Waals surface area contributed by atoms with Crippen LogP contribution in [0.5, 0.6) is 5.75 Å². The molecule has 1 atom stereocenters. The summed E-state index contributed by atoms with van der Waals surface area (Å²) in [7, 11) is 0. The van der Waals surface area contributed by atoms with Crippen LogP contribution >= 0.6 is 23.1 Å². The van der Waals surface area contributed by atoms with Gasteiger partial charge in [-0.1, -0.05) is 53.4 Å². The van der Waals surface area contributed by atoms with Crippen molar-refractivity contribution < 1.29 is 14.3 Å². The predicted octanol–water partition coefficient (Wildman–Crippen LogP) is 3.84. The molecule has 1 aliphatic rings. The number of nitrogens with zero attached hydrogens (tertiary/aromatic N) is 2. The van der Waals surface area contributed by atoms with E-state index in [2.05, 4.69) is 20.8 Å². The molecule has 0 aliphatic carbocycles. The van der Waals surface area contributed by atoms with E-state index < -0.39 is 0 Å². The summed E-state index contributed by atoms with van der Waals surface area (Å²) in [6.45, 7) is 2.49. The minimum Gasteiger partial charge on any atom is -0.482 e. The number of anilines is 2. The van der Waals surface area contributed by atoms with Crippen LogP contribution in [0.1, 0.15) is 22.8 Å². The van der Waals surface area contributed by atoms with Crippen LogP contribution in [0.2, 0.25) is 0 Å². The van der Waals surface area contributed by atoms with Gasteiger partial charge in [0.2, 0.25) is 5.13 Å². The van der Waals surface area contributed by atoms with Crippen molar-refractivity contribution in [3.63, 3.8) is 0 Å². The third-order valence-corrected chi connectivity index (χ3v) is 6.30. The highest BCUT2D eigenvalue weighted by Gasteiger charge is 2.22. The summed E-state index contributed by atoms with van der Waals surface area (Å²) in [4.78, 5) is 24.3. The van der Waals surface area contributed by atoms with Gasteiger partial charge in [0.25, 0.3) is 5.91 Å². The Morgan fingerprint density at radius 3 is 2.93 bits per heavy atom. The number of aromatic nitrogens is 2. The number of fused-ring (bicyclic) bond motifs is 1. The number of ketones is 1. The van der Waals surface area contributed by atoms with Crippen LogP contribution in [-0.2, 0) is 11.3 Å². The van der Waals surface area contributed by atoms with Gasteiger partial charge < -0.3 is 15.4 Å². The highest BCUT2D eigenvalue weighted by atomic mass is 32.2. The Kier molecular flexibility index (Phi) is 5.77. The fraction of sp³-hybridized carbons (Fsp3) is 0.200. The van der Waals surface area contributed by atoms with E-state index in [9.17, 15) is 9.59 Å². The number of hydrogen-bond donors (Lipinski definition) is 2. The molecule has 0 saturated heterocycles. The highest BCUT2D eigenvalue weighted by Crippen LogP contribution is 2.33. The second-order valence-electron chi connectivity index (χ2n) is 6.38. The number of hydrogen-bond acceptors (Lipinski definition) is 8. The van der Waals surface area contributed by atoms with Crippen molar-refractivity contribution in [3.8, 4) is 5.75 Å². The third kappa shape index (κ3) is 4.75. The lowest BCUT2D eigenvalue weighted by Gasteiger charge is -2.18. The second-order valence-corrected chi connectivity index (χ2v) is 8.95. The third-order valence-electron chi connectivity index (χ3n) is 4.24. The van der Waals surface area contributed by atoms with Crippen molar-refractivity contribution in [2.45, 2.75) is 23.1 Å². The van der Waals surface area contributed by atoms with Crippen molar-refractivity contribution in [2.24, 2.45) is 0 Å². The Labute approximate surface area is 175 Å². The smallest absolute Gasteiger partial charge is 0.262 e. The largest absolute Gasteiger partial charge is 0.482 e. The van der Waals surface area contributed by atoms with Gasteiger partial charge in [0, 0.05) is 12.1 Å². The molecule has 0 bridgehead atoms. The number of Topliss-reactive ketones (excluding diaryl/α,β-unsaturated/α-hetero) is 1. The van der Waals surface area contributed by atoms with E-state index >= 15 is 0 Å². The predicted molar refractivity (Wildman–Crippen MR) is 114 cm³/mol. The number of thioether (sulfide) groups is 1. The van der Waals surface area contributed by atoms with Crippen LogP contribution in [0.3, 0.4) is 0 Å². The number of amides is 1. The zero-order chi connectivity index (χ0) is 20.2. The molecular formula is C20H18N4O3S2. The first-order valence-corrected chi connectivity index (χ1v) is 10.7. The van der Waals surface area contributed by atoms with Crippen LogP contribution in [0.15, 0.2) is 52.9 Å². The van der Waals surface area contributed by atoms with Gasteiger partial charge in [0.15, 0.2) is 16.7 Å². The maximum atomic E-state index is 12.8. The van der Waals surface area contributed by atoms with E-state index in [-0.39, 0.29) is 23.5 Å². The molecule has 1 aliphatic heterocycles. The van der Waals surface area contributed by atoms with Gasteiger partial charge >= 0.3 is 0 Å². The molecule has 3 aromatic rings. The van der Waals surface area contributed by atoms with E-state index in [0.29, 0.717) is 28.7 Å². The summed E-state index contributed by atoms with van der Waals surface area (Å²) < 4.78 is 6.05. The number of carbonyl (C=O) groups is 2. The van der Waals surface area contributed by atoms with Crippen LogP contribution in [0.4, 0.5) is 10.8 Å². The van der Waals surface area contributed by atoms with E-state index in [1.807, 2.05) is 37.3 Å². The van der Waals surface area contributed by atoms with Crippen LogP contribution < -0.4 is 15.4 Å². The van der Waals surface area contributed by atoms with E-state index in [0.717, 1.165) is 9.90 Å². The standard InChI is InChI=1S/C20H18N4O3S2/c1-12(18(26)14-7-8-16-15(9-14)22-17(25)11-27-16)28-20-24-23-19(29-20)21-10-13-5-3-2-4-6-13/h2-9,12H,10-11H2,1H3,(H,21,23)(H,22,25). The monoisotopic (exact) mass is 426 g/mol. The van der Waals surface area contributed by atoms with Gasteiger partial charge in [-0.2, -0.15) is 0 Å². The maximum absolute atomic E-state index is 12.8. The molecule has 29 heavy (non-hydrogen) atoms. The van der Waals surface area contributed by atoms with Gasteiger partial charge in [-0.3, -0.25) is 9.59 Å². The molecule has 2 N–H and O–H groups in total. The molecule has 4 rings (SSSR count). The lowest BCUT2D eigenvalue weighted by atomic mass is 10.1. The summed E-state index contributed by atoms with van der Waals surface area (Å²) >= 11 is 2.78. The zero-order valence-corrected chi connectivity index (χ0v) is 17.2. The molecule has 1 unspecified atom stereocenters. The summed E-state index contributed by atoms with van der Waals surface area (Å²) in [6, 6.07) is 15.1. The Hall–Kier alpha value is -2.91. The summed E-state index contributed by atoms with van der Waals surface area (Å²) in [5.74, 6) is 0.292. The first-order chi connectivity index (χ1) is 14.1. The topological polar surface area (TPSA) is 93.2 Å². The van der Waals surface area contributed by atoms with Crippen molar-refractivity contribution in [1.29, 1.82) is 0 Å². The average molecular weight is 427 g/mol. The second kappa shape index (κ2) is 8.62. The molecule has 0 saturated carbocycles. The minimum atomic E-state index is -0.344. The van der Waals surface area contributed by atoms with Crippen LogP contribution in [0.25, 0.3) is 0 Å². The van der Waals surface area contributed by atoms with Crippen molar-refractivity contribution in [1.82, 2.24) is 10.2 Å². The van der Waals surface area contributed by atoms with Crippen molar-refractivity contribution >= 4 is 45.6 Å². The van der Waals surface area contributed by atoms with Gasteiger partial charge in [-0.25, -0.2) is 0 Å². The van der Waals surface area contributed by atoms with Gasteiger partial charge in [0.1, 0.15) is 5.75 Å². The summed E-state index contributed by atoms with van der Waals surface area (Å²) in [5.41, 5.74) is 2.19. The molecule has 148 valence electrons. The van der Waals surface area contributed by atoms with Crippen LogP contribution in [-0.4, -0.2) is 33.7 Å². The fourth-order valence-electron chi connectivity index (χ4n) is 2.78. The maximum Gasteiger partial charge on any atom is 0.262 e. The lowest BCUT2D eigenvalue weighted by molar-refractivity contribution is -0.118.